The van der Waals surface area contributed by atoms with Crippen LogP contribution in [0.2, 0.25) is 5.02 Å². The van der Waals surface area contributed by atoms with Crippen LogP contribution in [-0.2, 0) is 4.74 Å². The Balaban J connectivity index is 1.36. The van der Waals surface area contributed by atoms with Gasteiger partial charge in [-0.2, -0.15) is 0 Å². The van der Waals surface area contributed by atoms with Crippen molar-refractivity contribution in [3.05, 3.63) is 40.4 Å². The van der Waals surface area contributed by atoms with Crippen LogP contribution in [0.25, 0.3) is 0 Å². The summed E-state index contributed by atoms with van der Waals surface area (Å²) < 4.78 is 5.31. The SMILES string of the molecule is O=C(c1csc(N2CCN(c3ccc(Cl)cc3)CC2)n1)N1CCOCC1. The first-order chi connectivity index (χ1) is 12.7. The molecular weight excluding hydrogens is 372 g/mol. The number of carbonyl (C=O) groups is 1. The number of carbonyl (C=O) groups excluding carboxylic acids is 1. The van der Waals surface area contributed by atoms with E-state index in [1.165, 1.54) is 5.69 Å². The van der Waals surface area contributed by atoms with Gasteiger partial charge >= 0.3 is 0 Å². The van der Waals surface area contributed by atoms with Crippen LogP contribution in [0.15, 0.2) is 29.6 Å². The molecule has 2 fully saturated rings. The third-order valence-electron chi connectivity index (χ3n) is 4.75. The molecule has 26 heavy (non-hydrogen) atoms. The topological polar surface area (TPSA) is 48.9 Å². The van der Waals surface area contributed by atoms with Gasteiger partial charge in [-0.1, -0.05) is 11.6 Å². The number of anilines is 2. The molecule has 1 aromatic carbocycles. The van der Waals surface area contributed by atoms with Gasteiger partial charge in [-0.15, -0.1) is 11.3 Å². The van der Waals surface area contributed by atoms with Crippen molar-refractivity contribution < 1.29 is 9.53 Å². The lowest BCUT2D eigenvalue weighted by Gasteiger charge is -2.36. The van der Waals surface area contributed by atoms with E-state index in [4.69, 9.17) is 16.3 Å². The molecule has 0 unspecified atom stereocenters. The number of nitrogens with zero attached hydrogens (tertiary/aromatic N) is 4. The van der Waals surface area contributed by atoms with Crippen molar-refractivity contribution in [2.24, 2.45) is 0 Å². The first-order valence-corrected chi connectivity index (χ1v) is 10.0. The fourth-order valence-electron chi connectivity index (χ4n) is 3.24. The molecule has 2 saturated heterocycles. The fraction of sp³-hybridized carbons (Fsp3) is 0.444. The molecule has 138 valence electrons. The number of hydrogen-bond acceptors (Lipinski definition) is 6. The molecule has 0 atom stereocenters. The molecule has 0 N–H and O–H groups in total. The van der Waals surface area contributed by atoms with Crippen molar-refractivity contribution in [1.29, 1.82) is 0 Å². The molecule has 1 amide bonds. The number of piperazine rings is 1. The maximum atomic E-state index is 12.5. The van der Waals surface area contributed by atoms with E-state index in [-0.39, 0.29) is 5.91 Å². The van der Waals surface area contributed by atoms with Gasteiger partial charge in [0.15, 0.2) is 5.13 Å². The summed E-state index contributed by atoms with van der Waals surface area (Å²) in [7, 11) is 0. The van der Waals surface area contributed by atoms with Crippen LogP contribution >= 0.6 is 22.9 Å². The summed E-state index contributed by atoms with van der Waals surface area (Å²) in [6.07, 6.45) is 0. The van der Waals surface area contributed by atoms with Gasteiger partial charge in [0, 0.05) is 55.4 Å². The molecule has 0 aliphatic carbocycles. The van der Waals surface area contributed by atoms with Gasteiger partial charge in [-0.25, -0.2) is 4.98 Å². The van der Waals surface area contributed by atoms with Crippen LogP contribution in [0.5, 0.6) is 0 Å². The molecule has 0 spiro atoms. The quantitative estimate of drug-likeness (QED) is 0.803. The maximum absolute atomic E-state index is 12.5. The average molecular weight is 393 g/mol. The van der Waals surface area contributed by atoms with E-state index in [0.717, 1.165) is 36.3 Å². The lowest BCUT2D eigenvalue weighted by atomic mass is 10.2. The predicted octanol–water partition coefficient (Wildman–Crippen LogP) is 2.60. The maximum Gasteiger partial charge on any atom is 0.273 e. The molecule has 3 heterocycles. The molecule has 4 rings (SSSR count). The largest absolute Gasteiger partial charge is 0.378 e. The van der Waals surface area contributed by atoms with Crippen molar-refractivity contribution in [2.45, 2.75) is 0 Å². The summed E-state index contributed by atoms with van der Waals surface area (Å²) in [6.45, 7) is 6.13. The van der Waals surface area contributed by atoms with E-state index in [0.29, 0.717) is 32.0 Å². The zero-order valence-electron chi connectivity index (χ0n) is 14.4. The molecule has 1 aromatic heterocycles. The Kier molecular flexibility index (Phi) is 5.28. The Labute approximate surface area is 161 Å². The number of hydrogen-bond donors (Lipinski definition) is 0. The average Bonchev–Trinajstić information content (AvgIpc) is 3.19. The van der Waals surface area contributed by atoms with E-state index >= 15 is 0 Å². The molecule has 0 bridgehead atoms. The summed E-state index contributed by atoms with van der Waals surface area (Å²) in [5.41, 5.74) is 1.74. The number of amides is 1. The van der Waals surface area contributed by atoms with Gasteiger partial charge in [0.2, 0.25) is 0 Å². The number of benzene rings is 1. The second kappa shape index (κ2) is 7.82. The van der Waals surface area contributed by atoms with E-state index < -0.39 is 0 Å². The number of aromatic nitrogens is 1. The molecule has 2 aromatic rings. The van der Waals surface area contributed by atoms with E-state index in [9.17, 15) is 4.79 Å². The Morgan fingerprint density at radius 1 is 1.00 bits per heavy atom. The van der Waals surface area contributed by atoms with Gasteiger partial charge < -0.3 is 19.4 Å². The fourth-order valence-corrected chi connectivity index (χ4v) is 4.22. The van der Waals surface area contributed by atoms with Crippen molar-refractivity contribution in [1.82, 2.24) is 9.88 Å². The second-order valence-corrected chi connectivity index (χ2v) is 7.64. The summed E-state index contributed by atoms with van der Waals surface area (Å²) >= 11 is 7.51. The Morgan fingerprint density at radius 3 is 2.35 bits per heavy atom. The summed E-state index contributed by atoms with van der Waals surface area (Å²) in [5.74, 6) is 0.00982. The minimum atomic E-state index is 0.00982. The minimum Gasteiger partial charge on any atom is -0.378 e. The van der Waals surface area contributed by atoms with Crippen LogP contribution in [0, 0.1) is 0 Å². The summed E-state index contributed by atoms with van der Waals surface area (Å²) in [6, 6.07) is 7.96. The molecule has 2 aliphatic heterocycles. The lowest BCUT2D eigenvalue weighted by molar-refractivity contribution is 0.0299. The predicted molar refractivity (Wildman–Crippen MR) is 105 cm³/mol. The highest BCUT2D eigenvalue weighted by atomic mass is 35.5. The molecule has 0 saturated carbocycles. The van der Waals surface area contributed by atoms with E-state index in [1.807, 2.05) is 22.4 Å². The molecule has 8 heteroatoms. The highest BCUT2D eigenvalue weighted by molar-refractivity contribution is 7.13. The van der Waals surface area contributed by atoms with Gasteiger partial charge in [0.25, 0.3) is 5.91 Å². The van der Waals surface area contributed by atoms with E-state index in [2.05, 4.69) is 26.9 Å². The molecule has 6 nitrogen and oxygen atoms in total. The monoisotopic (exact) mass is 392 g/mol. The Hall–Kier alpha value is -1.83. The first-order valence-electron chi connectivity index (χ1n) is 8.79. The number of rotatable bonds is 3. The van der Waals surface area contributed by atoms with Crippen molar-refractivity contribution in [3.8, 4) is 0 Å². The Morgan fingerprint density at radius 2 is 1.65 bits per heavy atom. The van der Waals surface area contributed by atoms with Crippen LogP contribution in [-0.4, -0.2) is 68.3 Å². The minimum absolute atomic E-state index is 0.00982. The standard InChI is InChI=1S/C18H21ClN4O2S/c19-14-1-3-15(4-2-14)21-5-7-23(8-6-21)18-20-16(13-26-18)17(24)22-9-11-25-12-10-22/h1-4,13H,5-12H2. The van der Waals surface area contributed by atoms with E-state index in [1.54, 1.807) is 11.3 Å². The van der Waals surface area contributed by atoms with Crippen LogP contribution in [0.4, 0.5) is 10.8 Å². The van der Waals surface area contributed by atoms with Crippen molar-refractivity contribution in [2.75, 3.05) is 62.3 Å². The second-order valence-electron chi connectivity index (χ2n) is 6.37. The van der Waals surface area contributed by atoms with Crippen LogP contribution < -0.4 is 9.80 Å². The summed E-state index contributed by atoms with van der Waals surface area (Å²) in [5, 5.41) is 3.56. The normalized spacial score (nSPS) is 18.3. The summed E-state index contributed by atoms with van der Waals surface area (Å²) in [4.78, 5) is 23.6. The van der Waals surface area contributed by atoms with Crippen molar-refractivity contribution >= 4 is 39.7 Å². The van der Waals surface area contributed by atoms with Gasteiger partial charge in [0.05, 0.1) is 13.2 Å². The zero-order chi connectivity index (χ0) is 17.9. The smallest absolute Gasteiger partial charge is 0.273 e. The van der Waals surface area contributed by atoms with Crippen molar-refractivity contribution in [3.63, 3.8) is 0 Å². The first kappa shape index (κ1) is 17.6. The zero-order valence-corrected chi connectivity index (χ0v) is 16.0. The molecular formula is C18H21ClN4O2S. The number of ether oxygens (including phenoxy) is 1. The highest BCUT2D eigenvalue weighted by Crippen LogP contribution is 2.25. The third-order valence-corrected chi connectivity index (χ3v) is 5.90. The number of thiazole rings is 1. The van der Waals surface area contributed by atoms with Crippen LogP contribution in [0.1, 0.15) is 10.5 Å². The molecule has 0 radical (unpaired) electrons. The number of halogens is 1. The van der Waals surface area contributed by atoms with Gasteiger partial charge in [-0.3, -0.25) is 4.79 Å². The Bertz CT molecular complexity index is 753. The number of morpholine rings is 1. The third kappa shape index (κ3) is 3.79. The van der Waals surface area contributed by atoms with Gasteiger partial charge in [0.1, 0.15) is 5.69 Å². The van der Waals surface area contributed by atoms with Gasteiger partial charge in [-0.05, 0) is 24.3 Å². The highest BCUT2D eigenvalue weighted by Gasteiger charge is 2.24. The molecule has 2 aliphatic rings. The lowest BCUT2D eigenvalue weighted by Crippen LogP contribution is -2.46. The van der Waals surface area contributed by atoms with Crippen LogP contribution in [0.3, 0.4) is 0 Å².